The molecule has 0 saturated carbocycles. The first kappa shape index (κ1) is 19.8. The normalized spacial score (nSPS) is 15.4. The van der Waals surface area contributed by atoms with E-state index in [1.54, 1.807) is 0 Å². The average molecular weight is 364 g/mol. The highest BCUT2D eigenvalue weighted by atomic mass is 16.1. The number of ketones is 1. The molecule has 0 unspecified atom stereocenters. The van der Waals surface area contributed by atoms with Gasteiger partial charge in [-0.25, -0.2) is 0 Å². The molecule has 0 amide bonds. The summed E-state index contributed by atoms with van der Waals surface area (Å²) in [5, 5.41) is 0. The minimum Gasteiger partial charge on any atom is -0.303 e. The molecular formula is C25H33NO. The van der Waals surface area contributed by atoms with Crippen LogP contribution in [0.1, 0.15) is 66.4 Å². The van der Waals surface area contributed by atoms with Crippen molar-refractivity contribution in [1.29, 1.82) is 0 Å². The molecule has 0 aliphatic carbocycles. The molecule has 2 nitrogen and oxygen atoms in total. The summed E-state index contributed by atoms with van der Waals surface area (Å²) >= 11 is 0. The van der Waals surface area contributed by atoms with Gasteiger partial charge in [0.2, 0.25) is 0 Å². The Morgan fingerprint density at radius 2 is 1.33 bits per heavy atom. The molecule has 0 atom stereocenters. The minimum absolute atomic E-state index is 0.259. The van der Waals surface area contributed by atoms with Gasteiger partial charge in [-0.1, -0.05) is 67.4 Å². The number of likely N-dealkylation sites (tertiary alicyclic amines) is 1. The largest absolute Gasteiger partial charge is 0.303 e. The second kappa shape index (κ2) is 11.0. The van der Waals surface area contributed by atoms with Crippen LogP contribution < -0.4 is 0 Å². The maximum absolute atomic E-state index is 12.3. The smallest absolute Gasteiger partial charge is 0.162 e. The summed E-state index contributed by atoms with van der Waals surface area (Å²) < 4.78 is 0. The maximum atomic E-state index is 12.3. The van der Waals surface area contributed by atoms with Gasteiger partial charge in [-0.2, -0.15) is 0 Å². The van der Waals surface area contributed by atoms with Crippen LogP contribution in [0.25, 0.3) is 0 Å². The molecule has 3 rings (SSSR count). The topological polar surface area (TPSA) is 20.3 Å². The Balaban J connectivity index is 1.45. The van der Waals surface area contributed by atoms with E-state index in [1.165, 1.54) is 62.9 Å². The van der Waals surface area contributed by atoms with Gasteiger partial charge in [-0.3, -0.25) is 4.79 Å². The lowest BCUT2D eigenvalue weighted by atomic mass is 9.97. The zero-order valence-electron chi connectivity index (χ0n) is 16.5. The lowest BCUT2D eigenvalue weighted by Crippen LogP contribution is -2.26. The summed E-state index contributed by atoms with van der Waals surface area (Å²) in [4.78, 5) is 14.9. The minimum atomic E-state index is 0.259. The Labute approximate surface area is 164 Å². The molecule has 27 heavy (non-hydrogen) atoms. The lowest BCUT2D eigenvalue weighted by Gasteiger charge is -2.19. The molecule has 2 heteroatoms. The second-order valence-electron chi connectivity index (χ2n) is 7.77. The van der Waals surface area contributed by atoms with Crippen LogP contribution in [0.2, 0.25) is 0 Å². The number of nitrogens with zero attached hydrogens (tertiary/aromatic N) is 1. The molecule has 1 saturated heterocycles. The molecule has 1 heterocycles. The van der Waals surface area contributed by atoms with Crippen molar-refractivity contribution in [1.82, 2.24) is 4.90 Å². The van der Waals surface area contributed by atoms with Gasteiger partial charge in [-0.05, 0) is 69.3 Å². The number of rotatable bonds is 9. The third-order valence-electron chi connectivity index (χ3n) is 5.68. The third kappa shape index (κ3) is 6.62. The Bertz CT molecular complexity index is 686. The number of hydrogen-bond acceptors (Lipinski definition) is 2. The Morgan fingerprint density at radius 3 is 2.00 bits per heavy atom. The van der Waals surface area contributed by atoms with Crippen LogP contribution in [-0.2, 0) is 12.8 Å². The van der Waals surface area contributed by atoms with Crippen molar-refractivity contribution in [3.05, 3.63) is 71.3 Å². The molecule has 144 valence electrons. The van der Waals surface area contributed by atoms with E-state index in [4.69, 9.17) is 0 Å². The Hall–Kier alpha value is -1.93. The second-order valence-corrected chi connectivity index (χ2v) is 7.77. The summed E-state index contributed by atoms with van der Waals surface area (Å²) in [5.74, 6) is 0.259. The zero-order chi connectivity index (χ0) is 18.7. The van der Waals surface area contributed by atoms with Crippen LogP contribution in [0.4, 0.5) is 0 Å². The first-order valence-electron chi connectivity index (χ1n) is 10.7. The van der Waals surface area contributed by atoms with Gasteiger partial charge in [0.1, 0.15) is 0 Å². The van der Waals surface area contributed by atoms with Crippen molar-refractivity contribution in [3.63, 3.8) is 0 Å². The summed E-state index contributed by atoms with van der Waals surface area (Å²) in [6.45, 7) is 3.79. The van der Waals surface area contributed by atoms with Crippen molar-refractivity contribution in [2.45, 2.75) is 57.8 Å². The number of Topliss-reactive ketones (excluding diaryl/α,β-unsaturated/α-hetero) is 1. The predicted molar refractivity (Wildman–Crippen MR) is 113 cm³/mol. The lowest BCUT2D eigenvalue weighted by molar-refractivity contribution is 0.0980. The molecule has 2 aromatic carbocycles. The Kier molecular flexibility index (Phi) is 8.10. The number of hydrogen-bond donors (Lipinski definition) is 0. The van der Waals surface area contributed by atoms with Crippen LogP contribution in [0, 0.1) is 0 Å². The number of carbonyl (C=O) groups is 1. The fraction of sp³-hybridized carbons (Fsp3) is 0.480. The monoisotopic (exact) mass is 363 g/mol. The molecule has 1 aliphatic rings. The van der Waals surface area contributed by atoms with E-state index in [2.05, 4.69) is 29.2 Å². The van der Waals surface area contributed by atoms with Gasteiger partial charge in [0.05, 0.1) is 0 Å². The van der Waals surface area contributed by atoms with Crippen LogP contribution in [-0.4, -0.2) is 30.3 Å². The first-order valence-corrected chi connectivity index (χ1v) is 10.7. The standard InChI is InChI=1S/C25H33NO/c27-25(24-14-4-3-5-15-24)18-10-16-22-12-6-7-13-23(22)17-11-21-26-19-8-1-2-9-20-26/h3-7,12-15H,1-2,8-11,16-21H2. The van der Waals surface area contributed by atoms with Crippen molar-refractivity contribution < 1.29 is 4.79 Å². The van der Waals surface area contributed by atoms with Gasteiger partial charge >= 0.3 is 0 Å². The molecule has 0 N–H and O–H groups in total. The van der Waals surface area contributed by atoms with Crippen molar-refractivity contribution in [2.24, 2.45) is 0 Å². The van der Waals surface area contributed by atoms with E-state index in [-0.39, 0.29) is 5.78 Å². The quantitative estimate of drug-likeness (QED) is 0.533. The summed E-state index contributed by atoms with van der Waals surface area (Å²) in [6.07, 6.45) is 10.5. The molecule has 0 radical (unpaired) electrons. The molecule has 2 aromatic rings. The van der Waals surface area contributed by atoms with Crippen LogP contribution in [0.15, 0.2) is 54.6 Å². The number of benzene rings is 2. The highest BCUT2D eigenvalue weighted by molar-refractivity contribution is 5.95. The summed E-state index contributed by atoms with van der Waals surface area (Å²) in [6, 6.07) is 18.5. The van der Waals surface area contributed by atoms with Crippen molar-refractivity contribution in [3.8, 4) is 0 Å². The van der Waals surface area contributed by atoms with Gasteiger partial charge in [0.25, 0.3) is 0 Å². The number of aryl methyl sites for hydroxylation is 2. The van der Waals surface area contributed by atoms with Crippen molar-refractivity contribution in [2.75, 3.05) is 19.6 Å². The van der Waals surface area contributed by atoms with E-state index in [0.29, 0.717) is 6.42 Å². The first-order chi connectivity index (χ1) is 13.3. The van der Waals surface area contributed by atoms with Gasteiger partial charge in [0.15, 0.2) is 5.78 Å². The van der Waals surface area contributed by atoms with E-state index in [0.717, 1.165) is 24.8 Å². The third-order valence-corrected chi connectivity index (χ3v) is 5.68. The molecule has 0 bridgehead atoms. The van der Waals surface area contributed by atoms with E-state index in [1.807, 2.05) is 30.3 Å². The fourth-order valence-corrected chi connectivity index (χ4v) is 4.11. The summed E-state index contributed by atoms with van der Waals surface area (Å²) in [5.41, 5.74) is 3.73. The van der Waals surface area contributed by atoms with Crippen LogP contribution in [0.5, 0.6) is 0 Å². The van der Waals surface area contributed by atoms with E-state index < -0.39 is 0 Å². The number of carbonyl (C=O) groups excluding carboxylic acids is 1. The molecule has 0 aromatic heterocycles. The molecule has 1 fully saturated rings. The Morgan fingerprint density at radius 1 is 0.741 bits per heavy atom. The van der Waals surface area contributed by atoms with Crippen LogP contribution >= 0.6 is 0 Å². The van der Waals surface area contributed by atoms with Crippen molar-refractivity contribution >= 4 is 5.78 Å². The van der Waals surface area contributed by atoms with E-state index >= 15 is 0 Å². The molecular weight excluding hydrogens is 330 g/mol. The maximum Gasteiger partial charge on any atom is 0.162 e. The van der Waals surface area contributed by atoms with Gasteiger partial charge < -0.3 is 4.90 Å². The fourth-order valence-electron chi connectivity index (χ4n) is 4.11. The van der Waals surface area contributed by atoms with Gasteiger partial charge in [-0.15, -0.1) is 0 Å². The summed E-state index contributed by atoms with van der Waals surface area (Å²) in [7, 11) is 0. The highest BCUT2D eigenvalue weighted by Gasteiger charge is 2.10. The zero-order valence-corrected chi connectivity index (χ0v) is 16.5. The predicted octanol–water partition coefficient (Wildman–Crippen LogP) is 5.70. The van der Waals surface area contributed by atoms with Gasteiger partial charge in [0, 0.05) is 12.0 Å². The van der Waals surface area contributed by atoms with E-state index in [9.17, 15) is 4.79 Å². The van der Waals surface area contributed by atoms with Crippen LogP contribution in [0.3, 0.4) is 0 Å². The molecule has 1 aliphatic heterocycles. The average Bonchev–Trinajstić information content (AvgIpc) is 2.98. The SMILES string of the molecule is O=C(CCCc1ccccc1CCCN1CCCCCC1)c1ccccc1. The molecule has 0 spiro atoms. The highest BCUT2D eigenvalue weighted by Crippen LogP contribution is 2.17.